The van der Waals surface area contributed by atoms with E-state index in [-0.39, 0.29) is 11.5 Å². The fourth-order valence-electron chi connectivity index (χ4n) is 2.40. The van der Waals surface area contributed by atoms with Crippen LogP contribution < -0.4 is 0 Å². The van der Waals surface area contributed by atoms with Crippen molar-refractivity contribution in [2.24, 2.45) is 11.3 Å². The third-order valence-corrected chi connectivity index (χ3v) is 3.30. The summed E-state index contributed by atoms with van der Waals surface area (Å²) < 4.78 is 5.95. The Kier molecular flexibility index (Phi) is 3.39. The SMILES string of the molecule is C[C@H]1CO[C@@H](C(C)(C)C)/C1=C\c1ccccc1. The van der Waals surface area contributed by atoms with Crippen molar-refractivity contribution in [1.29, 1.82) is 0 Å². The Hall–Kier alpha value is -1.08. The van der Waals surface area contributed by atoms with Crippen molar-refractivity contribution in [2.45, 2.75) is 33.8 Å². The summed E-state index contributed by atoms with van der Waals surface area (Å²) in [4.78, 5) is 0. The molecule has 1 aromatic carbocycles. The quantitative estimate of drug-likeness (QED) is 0.704. The first kappa shape index (κ1) is 12.4. The minimum atomic E-state index is 0.172. The van der Waals surface area contributed by atoms with Crippen LogP contribution in [0.4, 0.5) is 0 Å². The summed E-state index contributed by atoms with van der Waals surface area (Å²) in [5.74, 6) is 0.527. The zero-order valence-corrected chi connectivity index (χ0v) is 11.2. The van der Waals surface area contributed by atoms with E-state index in [0.717, 1.165) is 6.61 Å². The van der Waals surface area contributed by atoms with Crippen LogP contribution in [0.2, 0.25) is 0 Å². The third kappa shape index (κ3) is 2.78. The second-order valence-electron chi connectivity index (χ2n) is 6.04. The summed E-state index contributed by atoms with van der Waals surface area (Å²) in [5, 5.41) is 0. The van der Waals surface area contributed by atoms with E-state index in [0.29, 0.717) is 5.92 Å². The molecule has 92 valence electrons. The van der Waals surface area contributed by atoms with Crippen molar-refractivity contribution >= 4 is 6.08 Å². The monoisotopic (exact) mass is 230 g/mol. The van der Waals surface area contributed by atoms with Crippen LogP contribution in [0.15, 0.2) is 35.9 Å². The van der Waals surface area contributed by atoms with Gasteiger partial charge in [-0.3, -0.25) is 0 Å². The lowest BCUT2D eigenvalue weighted by Gasteiger charge is -2.27. The van der Waals surface area contributed by atoms with E-state index in [1.54, 1.807) is 0 Å². The van der Waals surface area contributed by atoms with Crippen LogP contribution >= 0.6 is 0 Å². The maximum absolute atomic E-state index is 5.95. The van der Waals surface area contributed by atoms with Crippen LogP contribution in [0.5, 0.6) is 0 Å². The van der Waals surface area contributed by atoms with Crippen molar-refractivity contribution in [1.82, 2.24) is 0 Å². The third-order valence-electron chi connectivity index (χ3n) is 3.30. The number of rotatable bonds is 1. The van der Waals surface area contributed by atoms with Crippen molar-refractivity contribution in [2.75, 3.05) is 6.61 Å². The van der Waals surface area contributed by atoms with E-state index in [9.17, 15) is 0 Å². The molecule has 0 spiro atoms. The van der Waals surface area contributed by atoms with E-state index in [2.05, 4.69) is 64.1 Å². The van der Waals surface area contributed by atoms with Crippen molar-refractivity contribution in [3.63, 3.8) is 0 Å². The Balaban J connectivity index is 2.31. The van der Waals surface area contributed by atoms with Crippen LogP contribution in [0.25, 0.3) is 6.08 Å². The molecule has 1 fully saturated rings. The molecule has 0 unspecified atom stereocenters. The lowest BCUT2D eigenvalue weighted by Crippen LogP contribution is -2.27. The van der Waals surface area contributed by atoms with Crippen LogP contribution in [-0.4, -0.2) is 12.7 Å². The van der Waals surface area contributed by atoms with E-state index in [1.165, 1.54) is 11.1 Å². The molecule has 0 aliphatic carbocycles. The van der Waals surface area contributed by atoms with Gasteiger partial charge < -0.3 is 4.74 Å². The fourth-order valence-corrected chi connectivity index (χ4v) is 2.40. The van der Waals surface area contributed by atoms with E-state index in [1.807, 2.05) is 0 Å². The highest BCUT2D eigenvalue weighted by Gasteiger charge is 2.36. The van der Waals surface area contributed by atoms with Crippen LogP contribution in [-0.2, 0) is 4.74 Å². The van der Waals surface area contributed by atoms with Gasteiger partial charge in [-0.2, -0.15) is 0 Å². The maximum Gasteiger partial charge on any atom is 0.0840 e. The van der Waals surface area contributed by atoms with Gasteiger partial charge in [0.2, 0.25) is 0 Å². The molecule has 1 aromatic rings. The van der Waals surface area contributed by atoms with Crippen molar-refractivity contribution < 1.29 is 4.74 Å². The number of ether oxygens (including phenoxy) is 1. The Morgan fingerprint density at radius 1 is 1.18 bits per heavy atom. The Morgan fingerprint density at radius 2 is 1.82 bits per heavy atom. The molecule has 0 N–H and O–H groups in total. The topological polar surface area (TPSA) is 9.23 Å². The van der Waals surface area contributed by atoms with Gasteiger partial charge in [-0.25, -0.2) is 0 Å². The van der Waals surface area contributed by atoms with Crippen molar-refractivity contribution in [3.05, 3.63) is 41.5 Å². The van der Waals surface area contributed by atoms with Gasteiger partial charge in [0.25, 0.3) is 0 Å². The first-order valence-corrected chi connectivity index (χ1v) is 6.36. The molecule has 1 saturated heterocycles. The molecule has 0 radical (unpaired) electrons. The normalized spacial score (nSPS) is 27.6. The maximum atomic E-state index is 5.95. The minimum absolute atomic E-state index is 0.172. The molecular formula is C16H22O. The Labute approximate surface area is 104 Å². The molecule has 1 nitrogen and oxygen atoms in total. The molecule has 1 heteroatoms. The van der Waals surface area contributed by atoms with Gasteiger partial charge >= 0.3 is 0 Å². The molecule has 1 heterocycles. The summed E-state index contributed by atoms with van der Waals surface area (Å²) in [6, 6.07) is 10.5. The molecule has 0 saturated carbocycles. The van der Waals surface area contributed by atoms with Crippen molar-refractivity contribution in [3.8, 4) is 0 Å². The van der Waals surface area contributed by atoms with Gasteiger partial charge in [-0.1, -0.05) is 64.1 Å². The molecule has 2 rings (SSSR count). The number of hydrogen-bond donors (Lipinski definition) is 0. The van der Waals surface area contributed by atoms with Gasteiger partial charge in [0.15, 0.2) is 0 Å². The summed E-state index contributed by atoms with van der Waals surface area (Å²) in [7, 11) is 0. The smallest absolute Gasteiger partial charge is 0.0840 e. The molecule has 1 aliphatic rings. The molecule has 0 bridgehead atoms. The molecule has 2 atom stereocenters. The number of benzene rings is 1. The van der Waals surface area contributed by atoms with E-state index >= 15 is 0 Å². The molecule has 17 heavy (non-hydrogen) atoms. The lowest BCUT2D eigenvalue weighted by atomic mass is 9.81. The van der Waals surface area contributed by atoms with E-state index in [4.69, 9.17) is 4.74 Å². The zero-order chi connectivity index (χ0) is 12.5. The summed E-state index contributed by atoms with van der Waals surface area (Å²) in [5.41, 5.74) is 2.88. The first-order chi connectivity index (χ1) is 7.98. The second kappa shape index (κ2) is 4.66. The second-order valence-corrected chi connectivity index (χ2v) is 6.04. The highest BCUT2D eigenvalue weighted by Crippen LogP contribution is 2.38. The van der Waals surface area contributed by atoms with Crippen LogP contribution in [0, 0.1) is 11.3 Å². The van der Waals surface area contributed by atoms with Gasteiger partial charge in [0, 0.05) is 5.92 Å². The summed E-state index contributed by atoms with van der Waals surface area (Å²) in [6.07, 6.45) is 2.55. The van der Waals surface area contributed by atoms with Crippen LogP contribution in [0.1, 0.15) is 33.3 Å². The molecular weight excluding hydrogens is 208 g/mol. The lowest BCUT2D eigenvalue weighted by molar-refractivity contribution is 0.0425. The Bertz CT molecular complexity index is 397. The highest BCUT2D eigenvalue weighted by molar-refractivity contribution is 5.55. The van der Waals surface area contributed by atoms with Gasteiger partial charge in [-0.05, 0) is 16.6 Å². The van der Waals surface area contributed by atoms with Gasteiger partial charge in [0.1, 0.15) is 0 Å². The highest BCUT2D eigenvalue weighted by atomic mass is 16.5. The largest absolute Gasteiger partial charge is 0.373 e. The Morgan fingerprint density at radius 3 is 2.41 bits per heavy atom. The van der Waals surface area contributed by atoms with E-state index < -0.39 is 0 Å². The zero-order valence-electron chi connectivity index (χ0n) is 11.2. The van der Waals surface area contributed by atoms with Gasteiger partial charge in [0.05, 0.1) is 12.7 Å². The predicted octanol–water partition coefficient (Wildman–Crippen LogP) is 4.15. The number of hydrogen-bond acceptors (Lipinski definition) is 1. The van der Waals surface area contributed by atoms with Gasteiger partial charge in [-0.15, -0.1) is 0 Å². The predicted molar refractivity (Wildman–Crippen MR) is 72.8 cm³/mol. The van der Waals surface area contributed by atoms with Crippen LogP contribution in [0.3, 0.4) is 0 Å². The molecule has 0 aromatic heterocycles. The molecule has 1 aliphatic heterocycles. The summed E-state index contributed by atoms with van der Waals surface area (Å²) in [6.45, 7) is 9.83. The fraction of sp³-hybridized carbons (Fsp3) is 0.500. The average molecular weight is 230 g/mol. The molecule has 0 amide bonds. The summed E-state index contributed by atoms with van der Waals surface area (Å²) >= 11 is 0. The standard InChI is InChI=1S/C16H22O/c1-12-11-17-15(16(2,3)4)14(12)10-13-8-6-5-7-9-13/h5-10,12,15H,11H2,1-4H3/b14-10-/t12-,15+/m0/s1. The minimum Gasteiger partial charge on any atom is -0.373 e. The first-order valence-electron chi connectivity index (χ1n) is 6.36. The average Bonchev–Trinajstić information content (AvgIpc) is 2.62.